The summed E-state index contributed by atoms with van der Waals surface area (Å²) in [7, 11) is -3.00. The Morgan fingerprint density at radius 3 is 2.40 bits per heavy atom. The largest absolute Gasteiger partial charge is 0.494 e. The third kappa shape index (κ3) is 5.59. The van der Waals surface area contributed by atoms with Gasteiger partial charge >= 0.3 is 0 Å². The van der Waals surface area contributed by atoms with E-state index in [9.17, 15) is 13.2 Å². The van der Waals surface area contributed by atoms with E-state index < -0.39 is 9.84 Å². The van der Waals surface area contributed by atoms with E-state index in [1.807, 2.05) is 24.3 Å². The second-order valence-electron chi connectivity index (χ2n) is 6.23. The summed E-state index contributed by atoms with van der Waals surface area (Å²) in [5, 5.41) is -0.304. The molecule has 0 spiro atoms. The summed E-state index contributed by atoms with van der Waals surface area (Å²) in [4.78, 5) is 14.0. The van der Waals surface area contributed by atoms with Gasteiger partial charge < -0.3 is 9.64 Å². The molecule has 1 aliphatic rings. The minimum absolute atomic E-state index is 0.0707. The van der Waals surface area contributed by atoms with Gasteiger partial charge in [0, 0.05) is 24.9 Å². The van der Waals surface area contributed by atoms with Gasteiger partial charge in [0.2, 0.25) is 5.91 Å². The van der Waals surface area contributed by atoms with Crippen molar-refractivity contribution < 1.29 is 17.9 Å². The Morgan fingerprint density at radius 2 is 1.84 bits per heavy atom. The van der Waals surface area contributed by atoms with E-state index in [1.165, 1.54) is 0 Å². The number of nitrogens with zero attached hydrogens (tertiary/aromatic N) is 1. The minimum Gasteiger partial charge on any atom is -0.494 e. The molecule has 0 aliphatic carbocycles. The number of hydrogen-bond donors (Lipinski definition) is 0. The van der Waals surface area contributed by atoms with Crippen LogP contribution in [0, 0.1) is 0 Å². The molecule has 1 aromatic rings. The molecule has 1 saturated heterocycles. The third-order valence-corrected chi connectivity index (χ3v) is 6.73. The predicted octanol–water partition coefficient (Wildman–Crippen LogP) is 2.91. The molecule has 1 aliphatic heterocycles. The lowest BCUT2D eigenvalue weighted by molar-refractivity contribution is -0.126. The van der Waals surface area contributed by atoms with E-state index in [2.05, 4.69) is 6.92 Å². The quantitative estimate of drug-likeness (QED) is 0.697. The molecule has 1 heterocycles. The van der Waals surface area contributed by atoms with Crippen molar-refractivity contribution in [3.63, 3.8) is 0 Å². The van der Waals surface area contributed by atoms with Crippen molar-refractivity contribution in [2.24, 2.45) is 0 Å². The zero-order chi connectivity index (χ0) is 18.3. The number of sulfone groups is 1. The zero-order valence-electron chi connectivity index (χ0n) is 15.0. The number of carbonyl (C=O) groups is 1. The van der Waals surface area contributed by atoms with E-state index >= 15 is 0 Å². The summed E-state index contributed by atoms with van der Waals surface area (Å²) in [6.45, 7) is 5.42. The highest BCUT2D eigenvalue weighted by atomic mass is 32.2. The Morgan fingerprint density at radius 1 is 1.20 bits per heavy atom. The summed E-state index contributed by atoms with van der Waals surface area (Å²) >= 11 is 0. The lowest BCUT2D eigenvalue weighted by Crippen LogP contribution is -2.42. The van der Waals surface area contributed by atoms with Crippen molar-refractivity contribution in [3.8, 4) is 5.75 Å². The van der Waals surface area contributed by atoms with E-state index in [0.29, 0.717) is 32.5 Å². The van der Waals surface area contributed by atoms with Crippen LogP contribution in [0.2, 0.25) is 0 Å². The lowest BCUT2D eigenvalue weighted by atomic mass is 10.1. The molecule has 0 N–H and O–H groups in total. The van der Waals surface area contributed by atoms with Crippen molar-refractivity contribution in [2.75, 3.05) is 25.4 Å². The Bertz CT molecular complexity index is 687. The van der Waals surface area contributed by atoms with Crippen molar-refractivity contribution in [1.29, 1.82) is 0 Å². The summed E-state index contributed by atoms with van der Waals surface area (Å²) in [5.41, 5.74) is 0.931. The maximum Gasteiger partial charge on any atom is 0.246 e. The maximum atomic E-state index is 12.3. The summed E-state index contributed by atoms with van der Waals surface area (Å²) in [6.07, 6.45) is 5.35. The van der Waals surface area contributed by atoms with Crippen LogP contribution in [0.25, 0.3) is 6.08 Å². The van der Waals surface area contributed by atoms with Gasteiger partial charge in [0.15, 0.2) is 9.84 Å². The van der Waals surface area contributed by atoms with Gasteiger partial charge in [0.1, 0.15) is 5.75 Å². The van der Waals surface area contributed by atoms with Crippen LogP contribution < -0.4 is 4.74 Å². The van der Waals surface area contributed by atoms with Crippen LogP contribution in [0.5, 0.6) is 5.75 Å². The molecule has 1 fully saturated rings. The highest BCUT2D eigenvalue weighted by Crippen LogP contribution is 2.19. The number of hydrogen-bond acceptors (Lipinski definition) is 4. The van der Waals surface area contributed by atoms with Gasteiger partial charge in [-0.1, -0.05) is 26.0 Å². The third-order valence-electron chi connectivity index (χ3n) is 4.44. The summed E-state index contributed by atoms with van der Waals surface area (Å²) in [6, 6.07) is 7.60. The van der Waals surface area contributed by atoms with Crippen LogP contribution in [-0.4, -0.2) is 49.9 Å². The van der Waals surface area contributed by atoms with Crippen molar-refractivity contribution in [2.45, 2.75) is 38.4 Å². The monoisotopic (exact) mass is 365 g/mol. The van der Waals surface area contributed by atoms with Gasteiger partial charge in [0.05, 0.1) is 11.9 Å². The Hall–Kier alpha value is -1.82. The fourth-order valence-electron chi connectivity index (χ4n) is 2.84. The second kappa shape index (κ2) is 9.04. The Balaban J connectivity index is 1.87. The highest BCUT2D eigenvalue weighted by molar-refractivity contribution is 7.92. The second-order valence-corrected chi connectivity index (χ2v) is 8.80. The van der Waals surface area contributed by atoms with Crippen molar-refractivity contribution in [3.05, 3.63) is 35.9 Å². The number of ether oxygens (including phenoxy) is 1. The van der Waals surface area contributed by atoms with Gasteiger partial charge in [-0.2, -0.15) is 0 Å². The molecule has 0 aromatic heterocycles. The predicted molar refractivity (Wildman–Crippen MR) is 100 cm³/mol. The molecule has 25 heavy (non-hydrogen) atoms. The number of piperidine rings is 1. The molecule has 1 aromatic carbocycles. The molecule has 0 unspecified atom stereocenters. The molecule has 0 saturated carbocycles. The molecule has 5 nitrogen and oxygen atoms in total. The normalized spacial score (nSPS) is 16.3. The van der Waals surface area contributed by atoms with E-state index in [1.54, 1.807) is 24.0 Å². The van der Waals surface area contributed by atoms with Gasteiger partial charge in [-0.05, 0) is 43.0 Å². The first-order chi connectivity index (χ1) is 12.0. The molecule has 1 amide bonds. The molecule has 2 rings (SSSR count). The first kappa shape index (κ1) is 19.5. The number of benzene rings is 1. The average molecular weight is 365 g/mol. The fourth-order valence-corrected chi connectivity index (χ4v) is 4.24. The molecular formula is C19H27NO4S. The van der Waals surface area contributed by atoms with Gasteiger partial charge in [-0.15, -0.1) is 0 Å². The Kier molecular flexibility index (Phi) is 7.05. The topological polar surface area (TPSA) is 63.7 Å². The van der Waals surface area contributed by atoms with Crippen molar-refractivity contribution >= 4 is 21.8 Å². The number of likely N-dealkylation sites (tertiary alicyclic amines) is 1. The van der Waals surface area contributed by atoms with Crippen LogP contribution in [0.3, 0.4) is 0 Å². The van der Waals surface area contributed by atoms with Crippen LogP contribution in [0.1, 0.15) is 38.7 Å². The lowest BCUT2D eigenvalue weighted by Gasteiger charge is -2.30. The summed E-state index contributed by atoms with van der Waals surface area (Å²) in [5.74, 6) is 0.923. The number of amides is 1. The molecule has 0 radical (unpaired) electrons. The van der Waals surface area contributed by atoms with Crippen LogP contribution in [0.15, 0.2) is 30.3 Å². The number of carbonyl (C=O) groups excluding carboxylic acids is 1. The van der Waals surface area contributed by atoms with E-state index in [4.69, 9.17) is 4.74 Å². The minimum atomic E-state index is -3.00. The van der Waals surface area contributed by atoms with Gasteiger partial charge in [0.25, 0.3) is 0 Å². The number of rotatable bonds is 7. The molecule has 0 atom stereocenters. The molecule has 0 bridgehead atoms. The van der Waals surface area contributed by atoms with E-state index in [0.717, 1.165) is 17.7 Å². The van der Waals surface area contributed by atoms with Gasteiger partial charge in [-0.25, -0.2) is 8.42 Å². The Labute approximate surface area is 150 Å². The molecule has 138 valence electrons. The summed E-state index contributed by atoms with van der Waals surface area (Å²) < 4.78 is 29.3. The maximum absolute atomic E-state index is 12.3. The molecular weight excluding hydrogens is 338 g/mol. The fraction of sp³-hybridized carbons (Fsp3) is 0.526. The van der Waals surface area contributed by atoms with Crippen LogP contribution in [0.4, 0.5) is 0 Å². The van der Waals surface area contributed by atoms with Crippen molar-refractivity contribution in [1.82, 2.24) is 4.90 Å². The highest BCUT2D eigenvalue weighted by Gasteiger charge is 2.29. The van der Waals surface area contributed by atoms with Crippen LogP contribution >= 0.6 is 0 Å². The smallest absolute Gasteiger partial charge is 0.246 e. The zero-order valence-corrected chi connectivity index (χ0v) is 15.8. The molecule has 6 heteroatoms. The standard InChI is InChI=1S/C19H27NO4S/c1-3-15-24-17-8-5-16(6-9-17)7-10-19(21)20-13-11-18(12-14-20)25(22,23)4-2/h5-10,18H,3-4,11-15H2,1-2H3/b10-7+. The average Bonchev–Trinajstić information content (AvgIpc) is 2.65. The first-order valence-corrected chi connectivity index (χ1v) is 10.6. The SMILES string of the molecule is CCCOc1ccc(/C=C/C(=O)N2CCC(S(=O)(=O)CC)CC2)cc1. The van der Waals surface area contributed by atoms with E-state index in [-0.39, 0.29) is 16.9 Å². The van der Waals surface area contributed by atoms with Crippen LogP contribution in [-0.2, 0) is 14.6 Å². The first-order valence-electron chi connectivity index (χ1n) is 8.87. The van der Waals surface area contributed by atoms with Gasteiger partial charge in [-0.3, -0.25) is 4.79 Å².